The van der Waals surface area contributed by atoms with Gasteiger partial charge in [0.25, 0.3) is 11.8 Å². The Morgan fingerprint density at radius 1 is 0.474 bits per heavy atom. The molecule has 0 atom stereocenters. The molecule has 57 heavy (non-hydrogen) atoms. The van der Waals surface area contributed by atoms with Crippen molar-refractivity contribution in [2.45, 2.75) is 40.0 Å². The topological polar surface area (TPSA) is 42.3 Å². The third-order valence-corrected chi connectivity index (χ3v) is 12.3. The van der Waals surface area contributed by atoms with E-state index in [2.05, 4.69) is 166 Å². The van der Waals surface area contributed by atoms with E-state index in [1.54, 1.807) is 0 Å². The van der Waals surface area contributed by atoms with Crippen LogP contribution < -0.4 is 4.90 Å². The van der Waals surface area contributed by atoms with Gasteiger partial charge in [-0.3, -0.25) is 9.59 Å². The first-order valence-corrected chi connectivity index (χ1v) is 20.1. The van der Waals surface area contributed by atoms with Gasteiger partial charge in [-0.2, -0.15) is 0 Å². The van der Waals surface area contributed by atoms with Gasteiger partial charge in [0.05, 0.1) is 16.7 Å². The van der Waals surface area contributed by atoms with Gasteiger partial charge in [-0.1, -0.05) is 131 Å². The number of nitrogens with zero attached hydrogens (tertiary/aromatic N) is 2. The minimum atomic E-state index is -0.252. The van der Waals surface area contributed by atoms with Crippen LogP contribution in [0.5, 0.6) is 0 Å². The van der Waals surface area contributed by atoms with Crippen LogP contribution in [0, 0.1) is 5.92 Å². The third-order valence-electron chi connectivity index (χ3n) is 12.3. The second kappa shape index (κ2) is 12.4. The van der Waals surface area contributed by atoms with Crippen molar-refractivity contribution in [1.82, 2.24) is 4.57 Å². The number of hydrogen-bond donors (Lipinski definition) is 0. The number of carbonyl (C=O) groups is 2. The summed E-state index contributed by atoms with van der Waals surface area (Å²) in [5.41, 5.74) is 9.79. The van der Waals surface area contributed by atoms with Gasteiger partial charge in [-0.25, -0.2) is 4.90 Å². The van der Waals surface area contributed by atoms with E-state index in [4.69, 9.17) is 0 Å². The van der Waals surface area contributed by atoms with Crippen LogP contribution in [0.4, 0.5) is 5.69 Å². The Morgan fingerprint density at radius 3 is 1.79 bits per heavy atom. The average molecular weight is 737 g/mol. The molecule has 11 rings (SSSR count). The smallest absolute Gasteiger partial charge is 0.266 e. The van der Waals surface area contributed by atoms with Crippen LogP contribution in [-0.2, 0) is 6.42 Å². The highest BCUT2D eigenvalue weighted by Gasteiger charge is 2.37. The molecule has 4 nitrogen and oxygen atoms in total. The van der Waals surface area contributed by atoms with Crippen molar-refractivity contribution in [2.24, 2.45) is 5.92 Å². The van der Waals surface area contributed by atoms with Gasteiger partial charge < -0.3 is 4.57 Å². The summed E-state index contributed by atoms with van der Waals surface area (Å²) in [5, 5.41) is 10.9. The lowest BCUT2D eigenvalue weighted by atomic mass is 9.83. The lowest BCUT2D eigenvalue weighted by Gasteiger charge is -2.32. The Kier molecular flexibility index (Phi) is 7.28. The van der Waals surface area contributed by atoms with Crippen LogP contribution >= 0.6 is 0 Å². The molecule has 0 unspecified atom stereocenters. The molecular weight excluding hydrogens is 697 g/mol. The summed E-state index contributed by atoms with van der Waals surface area (Å²) in [7, 11) is 0. The zero-order valence-corrected chi connectivity index (χ0v) is 32.4. The molecule has 9 aromatic carbocycles. The molecule has 0 saturated heterocycles. The fourth-order valence-corrected chi connectivity index (χ4v) is 9.89. The van der Waals surface area contributed by atoms with Gasteiger partial charge in [-0.15, -0.1) is 0 Å². The van der Waals surface area contributed by atoms with Crippen LogP contribution in [0.1, 0.15) is 65.5 Å². The van der Waals surface area contributed by atoms with Gasteiger partial charge in [0.1, 0.15) is 0 Å². The number of carbonyl (C=O) groups excluding carboxylic acids is 2. The molecular formula is C53H40N2O2. The van der Waals surface area contributed by atoms with E-state index >= 15 is 0 Å². The number of benzene rings is 9. The molecule has 1 aliphatic rings. The lowest BCUT2D eigenvalue weighted by Crippen LogP contribution is -2.41. The summed E-state index contributed by atoms with van der Waals surface area (Å²) >= 11 is 0. The molecule has 0 bridgehead atoms. The summed E-state index contributed by atoms with van der Waals surface area (Å²) in [6.45, 7) is 8.61. The van der Waals surface area contributed by atoms with Crippen LogP contribution in [0.15, 0.2) is 146 Å². The minimum Gasteiger partial charge on any atom is -0.309 e. The highest BCUT2D eigenvalue weighted by Crippen LogP contribution is 2.47. The zero-order chi connectivity index (χ0) is 38.7. The number of amides is 2. The van der Waals surface area contributed by atoms with Crippen LogP contribution in [0.25, 0.3) is 81.7 Å². The molecule has 4 heteroatoms. The molecule has 0 N–H and O–H groups in total. The maximum Gasteiger partial charge on any atom is 0.266 e. The minimum absolute atomic E-state index is 0.142. The molecule has 2 amide bonds. The van der Waals surface area contributed by atoms with Gasteiger partial charge in [0.2, 0.25) is 0 Å². The van der Waals surface area contributed by atoms with Crippen molar-refractivity contribution in [2.75, 3.05) is 4.90 Å². The van der Waals surface area contributed by atoms with Crippen molar-refractivity contribution in [3.63, 3.8) is 0 Å². The zero-order valence-electron chi connectivity index (χ0n) is 32.4. The molecule has 0 fully saturated rings. The number of rotatable bonds is 6. The summed E-state index contributed by atoms with van der Waals surface area (Å²) in [6, 6.07) is 51.4. The maximum atomic E-state index is 14.8. The van der Waals surface area contributed by atoms with E-state index in [-0.39, 0.29) is 17.7 Å². The van der Waals surface area contributed by atoms with Crippen molar-refractivity contribution in [3.05, 3.63) is 168 Å². The van der Waals surface area contributed by atoms with E-state index in [0.29, 0.717) is 17.0 Å². The normalized spacial score (nSPS) is 13.3. The van der Waals surface area contributed by atoms with E-state index in [1.165, 1.54) is 43.0 Å². The van der Waals surface area contributed by atoms with Gasteiger partial charge in [0, 0.05) is 33.0 Å². The fraction of sp³-hybridized carbons (Fsp3) is 0.132. The van der Waals surface area contributed by atoms with Crippen LogP contribution in [0.2, 0.25) is 0 Å². The SMILES string of the molecule is CC(C)Cc1cccc(C(C)C)c1N1C(=O)c2ccc3c4cccc5c(-c6ccc7c(c6)c6ccccc6n7-c6ccccc6)ccc(c6ccc(c2c36)C1=O)c54. The molecule has 1 aromatic heterocycles. The Bertz CT molecular complexity index is 3240. The predicted molar refractivity (Wildman–Crippen MR) is 238 cm³/mol. The second-order valence-electron chi connectivity index (χ2n) is 16.4. The number of imide groups is 1. The summed E-state index contributed by atoms with van der Waals surface area (Å²) in [6.07, 6.45) is 0.779. The van der Waals surface area contributed by atoms with Crippen LogP contribution in [0.3, 0.4) is 0 Å². The van der Waals surface area contributed by atoms with Crippen molar-refractivity contribution < 1.29 is 9.59 Å². The molecule has 0 saturated carbocycles. The summed E-state index contributed by atoms with van der Waals surface area (Å²) < 4.78 is 2.35. The van der Waals surface area contributed by atoms with Gasteiger partial charge in [0.15, 0.2) is 0 Å². The van der Waals surface area contributed by atoms with Crippen molar-refractivity contribution >= 4 is 82.4 Å². The Balaban J connectivity index is 1.11. The van der Waals surface area contributed by atoms with Gasteiger partial charge >= 0.3 is 0 Å². The Hall–Kier alpha value is -6.78. The molecule has 0 radical (unpaired) electrons. The maximum absolute atomic E-state index is 14.8. The molecule has 0 aliphatic carbocycles. The largest absolute Gasteiger partial charge is 0.309 e. The Labute approximate surface area is 330 Å². The van der Waals surface area contributed by atoms with E-state index < -0.39 is 0 Å². The first-order valence-electron chi connectivity index (χ1n) is 20.1. The van der Waals surface area contributed by atoms with E-state index in [0.717, 1.165) is 66.8 Å². The van der Waals surface area contributed by atoms with Crippen LogP contribution in [-0.4, -0.2) is 16.4 Å². The first-order chi connectivity index (χ1) is 27.8. The highest BCUT2D eigenvalue weighted by molar-refractivity contribution is 6.42. The fourth-order valence-electron chi connectivity index (χ4n) is 9.89. The monoisotopic (exact) mass is 736 g/mol. The van der Waals surface area contributed by atoms with E-state index in [9.17, 15) is 9.59 Å². The quantitative estimate of drug-likeness (QED) is 0.0969. The number of anilines is 1. The summed E-state index contributed by atoms with van der Waals surface area (Å²) in [4.78, 5) is 31.0. The molecule has 2 heterocycles. The molecule has 10 aromatic rings. The lowest BCUT2D eigenvalue weighted by molar-refractivity contribution is 0.0893. The predicted octanol–water partition coefficient (Wildman–Crippen LogP) is 13.6. The van der Waals surface area contributed by atoms with E-state index in [1.807, 2.05) is 12.1 Å². The number of aromatic nitrogens is 1. The molecule has 274 valence electrons. The number of hydrogen-bond acceptors (Lipinski definition) is 2. The third kappa shape index (κ3) is 4.74. The Morgan fingerprint density at radius 2 is 1.07 bits per heavy atom. The number of fused-ring (bicyclic) bond motifs is 5. The molecule has 0 spiro atoms. The summed E-state index contributed by atoms with van der Waals surface area (Å²) in [5.74, 6) is 0.00543. The second-order valence-corrected chi connectivity index (χ2v) is 16.4. The standard InChI is InChI=1S/C53H40N2O2/c1-30(2)28-33-12-10-16-35(31(3)4)51(33)55-52(56)43-25-23-41-39-18-11-17-38-36(21-22-40(48(38)39)42-24-26-44(53(55)57)50(43)49(41)42)32-20-27-47-45(29-32)37-15-8-9-19-46(37)54(47)34-13-6-5-7-14-34/h5-27,29-31H,28H2,1-4H3. The average Bonchev–Trinajstić information content (AvgIpc) is 3.56. The highest BCUT2D eigenvalue weighted by atomic mass is 16.2. The van der Waals surface area contributed by atoms with Gasteiger partial charge in [-0.05, 0) is 121 Å². The first kappa shape index (κ1) is 33.5. The molecule has 1 aliphatic heterocycles. The van der Waals surface area contributed by atoms with Crippen molar-refractivity contribution in [3.8, 4) is 16.8 Å². The van der Waals surface area contributed by atoms with Crippen molar-refractivity contribution in [1.29, 1.82) is 0 Å². The number of para-hydroxylation sites is 3.